The number of carbonyl (C=O) groups excluding carboxylic acids is 1. The van der Waals surface area contributed by atoms with Crippen LogP contribution in [-0.2, 0) is 14.6 Å². The second-order valence-corrected chi connectivity index (χ2v) is 7.94. The summed E-state index contributed by atoms with van der Waals surface area (Å²) in [6.45, 7) is 1.41. The molecule has 128 valence electrons. The van der Waals surface area contributed by atoms with E-state index in [2.05, 4.69) is 5.32 Å². The van der Waals surface area contributed by atoms with E-state index in [0.717, 1.165) is 11.8 Å². The molecule has 0 bridgehead atoms. The quantitative estimate of drug-likeness (QED) is 0.748. The van der Waals surface area contributed by atoms with Crippen LogP contribution in [0.5, 0.6) is 0 Å². The first-order valence-corrected chi connectivity index (χ1v) is 9.81. The molecule has 0 aliphatic heterocycles. The third kappa shape index (κ3) is 4.95. The van der Waals surface area contributed by atoms with Crippen LogP contribution in [0.2, 0.25) is 0 Å². The topological polar surface area (TPSA) is 87.0 Å². The first kappa shape index (κ1) is 18.8. The lowest BCUT2D eigenvalue weighted by molar-refractivity contribution is -0.114. The summed E-state index contributed by atoms with van der Waals surface area (Å²) in [6, 6.07) is 18.4. The highest BCUT2D eigenvalue weighted by Gasteiger charge is 2.25. The fourth-order valence-electron chi connectivity index (χ4n) is 1.94. The summed E-state index contributed by atoms with van der Waals surface area (Å²) in [7, 11) is -3.99. The zero-order valence-corrected chi connectivity index (χ0v) is 15.1. The van der Waals surface area contributed by atoms with Crippen molar-refractivity contribution < 1.29 is 13.2 Å². The van der Waals surface area contributed by atoms with Gasteiger partial charge in [0, 0.05) is 5.69 Å². The van der Waals surface area contributed by atoms with E-state index in [1.807, 2.05) is 6.07 Å². The van der Waals surface area contributed by atoms with E-state index >= 15 is 0 Å². The van der Waals surface area contributed by atoms with Gasteiger partial charge in [0.2, 0.25) is 9.84 Å². The van der Waals surface area contributed by atoms with Crippen molar-refractivity contribution in [1.82, 2.24) is 0 Å². The Morgan fingerprint density at radius 3 is 2.16 bits per heavy atom. The number of nitrogens with zero attached hydrogens (tertiary/aromatic N) is 1. The SMILES string of the molecule is CC(=O)CSC(Nc1ccccc1)=C(C#N)S(=O)(=O)c1ccccc1. The van der Waals surface area contributed by atoms with E-state index in [4.69, 9.17) is 0 Å². The number of rotatable bonds is 7. The molecule has 0 unspecified atom stereocenters. The minimum Gasteiger partial charge on any atom is -0.349 e. The van der Waals surface area contributed by atoms with Crippen LogP contribution < -0.4 is 5.32 Å². The van der Waals surface area contributed by atoms with Crippen molar-refractivity contribution in [2.75, 3.05) is 11.1 Å². The smallest absolute Gasteiger partial charge is 0.219 e. The average Bonchev–Trinajstić information content (AvgIpc) is 2.61. The van der Waals surface area contributed by atoms with Crippen molar-refractivity contribution >= 4 is 33.1 Å². The number of anilines is 1. The van der Waals surface area contributed by atoms with E-state index in [1.165, 1.54) is 19.1 Å². The standard InChI is InChI=1S/C18H16N2O3S2/c1-14(21)13-24-18(20-15-8-4-2-5-9-15)17(12-19)25(22,23)16-10-6-3-7-11-16/h2-11,20H,13H2,1H3. The van der Waals surface area contributed by atoms with Gasteiger partial charge in [0.25, 0.3) is 0 Å². The second kappa shape index (κ2) is 8.51. The predicted molar refractivity (Wildman–Crippen MR) is 99.5 cm³/mol. The lowest BCUT2D eigenvalue weighted by Gasteiger charge is -2.13. The number of nitrogens with one attached hydrogen (secondary N) is 1. The minimum atomic E-state index is -3.99. The monoisotopic (exact) mass is 372 g/mol. The van der Waals surface area contributed by atoms with Crippen molar-refractivity contribution in [2.24, 2.45) is 0 Å². The number of allylic oxidation sites excluding steroid dienone is 1. The Kier molecular flexibility index (Phi) is 6.39. The number of nitriles is 1. The molecule has 7 heteroatoms. The molecule has 0 fully saturated rings. The average molecular weight is 372 g/mol. The van der Waals surface area contributed by atoms with Gasteiger partial charge in [-0.2, -0.15) is 5.26 Å². The van der Waals surface area contributed by atoms with Gasteiger partial charge in [-0.15, -0.1) is 0 Å². The highest BCUT2D eigenvalue weighted by molar-refractivity contribution is 8.05. The third-order valence-corrected chi connectivity index (χ3v) is 6.08. The Morgan fingerprint density at radius 2 is 1.64 bits per heavy atom. The maximum atomic E-state index is 12.8. The number of carbonyl (C=O) groups is 1. The predicted octanol–water partition coefficient (Wildman–Crippen LogP) is 3.59. The molecular weight excluding hydrogens is 356 g/mol. The van der Waals surface area contributed by atoms with Crippen LogP contribution in [0.25, 0.3) is 0 Å². The van der Waals surface area contributed by atoms with Crippen molar-refractivity contribution in [3.63, 3.8) is 0 Å². The van der Waals surface area contributed by atoms with E-state index < -0.39 is 14.7 Å². The summed E-state index contributed by atoms with van der Waals surface area (Å²) in [6.07, 6.45) is 0. The van der Waals surface area contributed by atoms with Crippen LogP contribution in [0.1, 0.15) is 6.92 Å². The molecule has 0 saturated heterocycles. The Bertz CT molecular complexity index is 916. The number of Topliss-reactive ketones (excluding diaryl/α,β-unsaturated/α-hetero) is 1. The number of hydrogen-bond donors (Lipinski definition) is 1. The summed E-state index contributed by atoms with van der Waals surface area (Å²) in [5, 5.41) is 12.6. The summed E-state index contributed by atoms with van der Waals surface area (Å²) in [4.78, 5) is 10.9. The van der Waals surface area contributed by atoms with Gasteiger partial charge in [-0.05, 0) is 31.2 Å². The van der Waals surface area contributed by atoms with Crippen molar-refractivity contribution in [1.29, 1.82) is 5.26 Å². The van der Waals surface area contributed by atoms with Crippen molar-refractivity contribution in [3.05, 3.63) is 70.6 Å². The Labute approximate surface area is 151 Å². The molecule has 0 spiro atoms. The Balaban J connectivity index is 2.52. The molecule has 2 rings (SSSR count). The van der Waals surface area contributed by atoms with Gasteiger partial charge in [0.1, 0.15) is 16.9 Å². The van der Waals surface area contributed by atoms with E-state index in [1.54, 1.807) is 48.5 Å². The van der Waals surface area contributed by atoms with Gasteiger partial charge in [0.15, 0.2) is 4.91 Å². The maximum absolute atomic E-state index is 12.8. The molecule has 25 heavy (non-hydrogen) atoms. The molecule has 0 aliphatic rings. The number of benzene rings is 2. The van der Waals surface area contributed by atoms with Crippen LogP contribution in [-0.4, -0.2) is 20.0 Å². The van der Waals surface area contributed by atoms with Gasteiger partial charge >= 0.3 is 0 Å². The highest BCUT2D eigenvalue weighted by atomic mass is 32.2. The number of ketones is 1. The fourth-order valence-corrected chi connectivity index (χ4v) is 4.32. The molecule has 0 atom stereocenters. The molecule has 0 heterocycles. The van der Waals surface area contributed by atoms with Crippen LogP contribution in [0.3, 0.4) is 0 Å². The Morgan fingerprint density at radius 1 is 1.08 bits per heavy atom. The third-order valence-electron chi connectivity index (χ3n) is 3.08. The molecule has 0 aromatic heterocycles. The van der Waals surface area contributed by atoms with Crippen LogP contribution >= 0.6 is 11.8 Å². The maximum Gasteiger partial charge on any atom is 0.219 e. The molecule has 0 amide bonds. The summed E-state index contributed by atoms with van der Waals surface area (Å²) in [5.41, 5.74) is 0.629. The van der Waals surface area contributed by atoms with Gasteiger partial charge in [-0.25, -0.2) is 8.42 Å². The van der Waals surface area contributed by atoms with E-state index in [-0.39, 0.29) is 21.5 Å². The van der Waals surface area contributed by atoms with Crippen molar-refractivity contribution in [2.45, 2.75) is 11.8 Å². The lowest BCUT2D eigenvalue weighted by atomic mass is 10.3. The highest BCUT2D eigenvalue weighted by Crippen LogP contribution is 2.29. The normalized spacial score (nSPS) is 12.0. The van der Waals surface area contributed by atoms with Gasteiger partial charge in [0.05, 0.1) is 10.6 Å². The zero-order chi connectivity index (χ0) is 18.3. The minimum absolute atomic E-state index is 0.0299. The van der Waals surface area contributed by atoms with Crippen molar-refractivity contribution in [3.8, 4) is 6.07 Å². The van der Waals surface area contributed by atoms with Crippen LogP contribution in [0.4, 0.5) is 5.69 Å². The van der Waals surface area contributed by atoms with Gasteiger partial charge < -0.3 is 5.32 Å². The van der Waals surface area contributed by atoms with Gasteiger partial charge in [-0.1, -0.05) is 48.2 Å². The fraction of sp³-hybridized carbons (Fsp3) is 0.111. The largest absolute Gasteiger partial charge is 0.349 e. The number of sulfone groups is 1. The number of hydrogen-bond acceptors (Lipinski definition) is 6. The molecule has 5 nitrogen and oxygen atoms in total. The first-order valence-electron chi connectivity index (χ1n) is 7.34. The molecular formula is C18H16N2O3S2. The van der Waals surface area contributed by atoms with Crippen LogP contribution in [0, 0.1) is 11.3 Å². The first-order chi connectivity index (χ1) is 11.9. The molecule has 2 aromatic carbocycles. The molecule has 1 N–H and O–H groups in total. The van der Waals surface area contributed by atoms with Crippen LogP contribution in [0.15, 0.2) is 75.5 Å². The van der Waals surface area contributed by atoms with E-state index in [9.17, 15) is 18.5 Å². The van der Waals surface area contributed by atoms with E-state index in [0.29, 0.717) is 5.69 Å². The van der Waals surface area contributed by atoms with Gasteiger partial charge in [-0.3, -0.25) is 4.79 Å². The zero-order valence-electron chi connectivity index (χ0n) is 13.5. The summed E-state index contributed by atoms with van der Waals surface area (Å²) in [5.74, 6) is -0.0586. The Hall–Kier alpha value is -2.56. The summed E-state index contributed by atoms with van der Waals surface area (Å²) < 4.78 is 25.6. The molecule has 0 aliphatic carbocycles. The number of thioether (sulfide) groups is 1. The summed E-state index contributed by atoms with van der Waals surface area (Å²) >= 11 is 0.996. The lowest BCUT2D eigenvalue weighted by Crippen LogP contribution is -2.11. The molecule has 0 saturated carbocycles. The number of para-hydroxylation sites is 1. The molecule has 0 radical (unpaired) electrons. The second-order valence-electron chi connectivity index (χ2n) is 5.07. The molecule has 2 aromatic rings.